The van der Waals surface area contributed by atoms with Crippen LogP contribution in [0.1, 0.15) is 17.0 Å². The van der Waals surface area contributed by atoms with Crippen molar-refractivity contribution in [3.8, 4) is 0 Å². The van der Waals surface area contributed by atoms with Crippen LogP contribution in [0.2, 0.25) is 0 Å². The number of carboxylic acid groups (broad SMARTS) is 1. The summed E-state index contributed by atoms with van der Waals surface area (Å²) in [5, 5.41) is 9.21. The maximum absolute atomic E-state index is 10.6. The Balaban J connectivity index is 2.01. The molecule has 1 aromatic rings. The van der Waals surface area contributed by atoms with Crippen molar-refractivity contribution in [3.05, 3.63) is 10.6 Å². The van der Waals surface area contributed by atoms with Crippen LogP contribution in [0.3, 0.4) is 0 Å². The summed E-state index contributed by atoms with van der Waals surface area (Å²) in [6.45, 7) is 3.46. The van der Waals surface area contributed by atoms with Gasteiger partial charge in [-0.3, -0.25) is 4.79 Å². The van der Waals surface area contributed by atoms with Crippen molar-refractivity contribution in [2.75, 3.05) is 13.2 Å². The Morgan fingerprint density at radius 3 is 3.19 bits per heavy atom. The van der Waals surface area contributed by atoms with Crippen molar-refractivity contribution < 1.29 is 14.6 Å². The fourth-order valence-corrected chi connectivity index (χ4v) is 4.04. The predicted molar refractivity (Wildman–Crippen MR) is 63.3 cm³/mol. The lowest BCUT2D eigenvalue weighted by molar-refractivity contribution is -0.136. The molecule has 1 aliphatic rings. The first-order chi connectivity index (χ1) is 7.65. The van der Waals surface area contributed by atoms with Crippen LogP contribution in [-0.2, 0) is 16.0 Å². The van der Waals surface area contributed by atoms with Crippen molar-refractivity contribution in [1.29, 1.82) is 0 Å². The van der Waals surface area contributed by atoms with Gasteiger partial charge in [0.25, 0.3) is 0 Å². The Morgan fingerprint density at radius 2 is 2.56 bits per heavy atom. The van der Waals surface area contributed by atoms with E-state index in [0.717, 1.165) is 34.5 Å². The molecule has 1 atom stereocenters. The summed E-state index contributed by atoms with van der Waals surface area (Å²) in [5.74, 6) is -0.799. The third kappa shape index (κ3) is 2.96. The number of aryl methyl sites for hydroxylation is 1. The molecule has 0 aliphatic carbocycles. The second-order valence-electron chi connectivity index (χ2n) is 3.66. The summed E-state index contributed by atoms with van der Waals surface area (Å²) in [6, 6.07) is 0. The normalized spacial score (nSPS) is 20.2. The molecule has 0 amide bonds. The van der Waals surface area contributed by atoms with Crippen molar-refractivity contribution >= 4 is 29.1 Å². The van der Waals surface area contributed by atoms with E-state index in [0.29, 0.717) is 5.25 Å². The molecule has 88 valence electrons. The highest BCUT2D eigenvalue weighted by molar-refractivity contribution is 8.01. The number of hydrogen-bond donors (Lipinski definition) is 1. The van der Waals surface area contributed by atoms with Crippen LogP contribution in [0.25, 0.3) is 0 Å². The minimum Gasteiger partial charge on any atom is -0.481 e. The number of aromatic nitrogens is 1. The van der Waals surface area contributed by atoms with Gasteiger partial charge in [0.05, 0.1) is 18.7 Å². The monoisotopic (exact) mass is 259 g/mol. The highest BCUT2D eigenvalue weighted by Crippen LogP contribution is 2.33. The lowest BCUT2D eigenvalue weighted by Crippen LogP contribution is -1.99. The molecule has 1 unspecified atom stereocenters. The molecular weight excluding hydrogens is 246 g/mol. The molecule has 2 heterocycles. The van der Waals surface area contributed by atoms with E-state index in [2.05, 4.69) is 4.98 Å². The predicted octanol–water partition coefficient (Wildman–Crippen LogP) is 1.96. The van der Waals surface area contributed by atoms with E-state index in [1.165, 1.54) is 11.3 Å². The fraction of sp³-hybridized carbons (Fsp3) is 0.600. The standard InChI is InChI=1S/C10H13NO3S2/c1-6-8(4-9(12)13)16-10(11-6)15-7-2-3-14-5-7/h7H,2-5H2,1H3,(H,12,13). The van der Waals surface area contributed by atoms with Crippen LogP contribution in [0.15, 0.2) is 4.34 Å². The third-order valence-electron chi connectivity index (χ3n) is 2.34. The van der Waals surface area contributed by atoms with E-state index in [1.807, 2.05) is 6.92 Å². The number of carboxylic acids is 1. The second kappa shape index (κ2) is 5.16. The molecule has 0 bridgehead atoms. The summed E-state index contributed by atoms with van der Waals surface area (Å²) in [6.07, 6.45) is 1.13. The molecule has 0 saturated carbocycles. The Bertz CT molecular complexity index is 385. The van der Waals surface area contributed by atoms with Crippen LogP contribution in [0, 0.1) is 6.92 Å². The highest BCUT2D eigenvalue weighted by Gasteiger charge is 2.19. The molecule has 1 fully saturated rings. The van der Waals surface area contributed by atoms with Crippen LogP contribution in [0.5, 0.6) is 0 Å². The van der Waals surface area contributed by atoms with Crippen molar-refractivity contribution in [2.45, 2.75) is 29.4 Å². The number of carbonyl (C=O) groups is 1. The van der Waals surface area contributed by atoms with Gasteiger partial charge in [0.1, 0.15) is 0 Å². The van der Waals surface area contributed by atoms with Gasteiger partial charge < -0.3 is 9.84 Å². The number of thiazole rings is 1. The van der Waals surface area contributed by atoms with Gasteiger partial charge in [-0.2, -0.15) is 0 Å². The Labute approximate surface area is 102 Å². The van der Waals surface area contributed by atoms with Crippen molar-refractivity contribution in [3.63, 3.8) is 0 Å². The van der Waals surface area contributed by atoms with Gasteiger partial charge in [0.15, 0.2) is 4.34 Å². The van der Waals surface area contributed by atoms with Crippen LogP contribution < -0.4 is 0 Å². The highest BCUT2D eigenvalue weighted by atomic mass is 32.2. The Kier molecular flexibility index (Phi) is 3.83. The van der Waals surface area contributed by atoms with Crippen molar-refractivity contribution in [2.24, 2.45) is 0 Å². The maximum Gasteiger partial charge on any atom is 0.308 e. The molecule has 16 heavy (non-hydrogen) atoms. The number of ether oxygens (including phenoxy) is 1. The van der Waals surface area contributed by atoms with E-state index in [-0.39, 0.29) is 6.42 Å². The van der Waals surface area contributed by atoms with Gasteiger partial charge in [0, 0.05) is 16.7 Å². The van der Waals surface area contributed by atoms with Gasteiger partial charge in [-0.05, 0) is 13.3 Å². The molecule has 6 heteroatoms. The Morgan fingerprint density at radius 1 is 1.75 bits per heavy atom. The molecule has 1 N–H and O–H groups in total. The molecule has 4 nitrogen and oxygen atoms in total. The SMILES string of the molecule is Cc1nc(SC2CCOC2)sc1CC(=O)O. The average Bonchev–Trinajstić information content (AvgIpc) is 2.78. The first kappa shape index (κ1) is 11.9. The van der Waals surface area contributed by atoms with E-state index < -0.39 is 5.97 Å². The Hall–Kier alpha value is -0.590. The molecule has 1 aliphatic heterocycles. The van der Waals surface area contributed by atoms with E-state index >= 15 is 0 Å². The third-order valence-corrected chi connectivity index (χ3v) is 4.83. The van der Waals surface area contributed by atoms with Crippen LogP contribution in [-0.4, -0.2) is 34.5 Å². The van der Waals surface area contributed by atoms with E-state index in [1.54, 1.807) is 11.8 Å². The molecule has 0 radical (unpaired) electrons. The number of nitrogens with zero attached hydrogens (tertiary/aromatic N) is 1. The zero-order chi connectivity index (χ0) is 11.5. The number of thioether (sulfide) groups is 1. The minimum atomic E-state index is -0.799. The van der Waals surface area contributed by atoms with Crippen LogP contribution >= 0.6 is 23.1 Å². The first-order valence-electron chi connectivity index (χ1n) is 5.07. The van der Waals surface area contributed by atoms with Gasteiger partial charge in [-0.1, -0.05) is 11.8 Å². The molecule has 0 spiro atoms. The fourth-order valence-electron chi connectivity index (χ4n) is 1.50. The summed E-state index contributed by atoms with van der Waals surface area (Å²) in [5.41, 5.74) is 0.841. The van der Waals surface area contributed by atoms with Gasteiger partial charge in [-0.25, -0.2) is 4.98 Å². The smallest absolute Gasteiger partial charge is 0.308 e. The number of rotatable bonds is 4. The minimum absolute atomic E-state index is 0.0746. The van der Waals surface area contributed by atoms with Crippen molar-refractivity contribution in [1.82, 2.24) is 4.98 Å². The van der Waals surface area contributed by atoms with Gasteiger partial charge >= 0.3 is 5.97 Å². The van der Waals surface area contributed by atoms with E-state index in [9.17, 15) is 4.79 Å². The summed E-state index contributed by atoms with van der Waals surface area (Å²) in [7, 11) is 0. The topological polar surface area (TPSA) is 59.4 Å². The first-order valence-corrected chi connectivity index (χ1v) is 6.77. The maximum atomic E-state index is 10.6. The van der Waals surface area contributed by atoms with Crippen LogP contribution in [0.4, 0.5) is 0 Å². The average molecular weight is 259 g/mol. The van der Waals surface area contributed by atoms with Gasteiger partial charge in [0.2, 0.25) is 0 Å². The zero-order valence-electron chi connectivity index (χ0n) is 8.93. The number of hydrogen-bond acceptors (Lipinski definition) is 5. The lowest BCUT2D eigenvalue weighted by atomic mass is 10.3. The zero-order valence-corrected chi connectivity index (χ0v) is 10.6. The molecule has 2 rings (SSSR count). The molecule has 1 aromatic heterocycles. The lowest BCUT2D eigenvalue weighted by Gasteiger charge is -2.02. The number of aliphatic carboxylic acids is 1. The molecule has 0 aromatic carbocycles. The molecule has 1 saturated heterocycles. The summed E-state index contributed by atoms with van der Waals surface area (Å²) in [4.78, 5) is 15.9. The second-order valence-corrected chi connectivity index (χ2v) is 6.29. The largest absolute Gasteiger partial charge is 0.481 e. The quantitative estimate of drug-likeness (QED) is 0.895. The van der Waals surface area contributed by atoms with Gasteiger partial charge in [-0.15, -0.1) is 11.3 Å². The summed E-state index contributed by atoms with van der Waals surface area (Å²) >= 11 is 3.19. The van der Waals surface area contributed by atoms with E-state index in [4.69, 9.17) is 9.84 Å². The molecular formula is C10H13NO3S2. The summed E-state index contributed by atoms with van der Waals surface area (Å²) < 4.78 is 6.26.